The van der Waals surface area contributed by atoms with E-state index in [9.17, 15) is 20.0 Å². The highest BCUT2D eigenvalue weighted by molar-refractivity contribution is 5.85. The SMILES string of the molecule is COc1ccc(/C=N\NC(=O)[C@@H](O)c2ccccc2)cc1[N+](=O)[O-]. The van der Waals surface area contributed by atoms with Crippen molar-refractivity contribution in [3.8, 4) is 5.75 Å². The van der Waals surface area contributed by atoms with Gasteiger partial charge in [-0.1, -0.05) is 30.3 Å². The van der Waals surface area contributed by atoms with Crippen LogP contribution >= 0.6 is 0 Å². The molecule has 1 atom stereocenters. The molecule has 24 heavy (non-hydrogen) atoms. The normalized spacial score (nSPS) is 11.9. The van der Waals surface area contributed by atoms with E-state index in [1.165, 1.54) is 25.5 Å². The lowest BCUT2D eigenvalue weighted by Crippen LogP contribution is -2.25. The van der Waals surface area contributed by atoms with E-state index < -0.39 is 16.9 Å². The number of ether oxygens (including phenoxy) is 1. The van der Waals surface area contributed by atoms with Crippen LogP contribution in [-0.4, -0.2) is 29.3 Å². The summed E-state index contributed by atoms with van der Waals surface area (Å²) in [5.41, 5.74) is 2.81. The molecule has 0 saturated heterocycles. The van der Waals surface area contributed by atoms with E-state index in [2.05, 4.69) is 10.5 Å². The Morgan fingerprint density at radius 3 is 2.67 bits per heavy atom. The molecule has 0 saturated carbocycles. The van der Waals surface area contributed by atoms with E-state index in [4.69, 9.17) is 4.74 Å². The topological polar surface area (TPSA) is 114 Å². The highest BCUT2D eigenvalue weighted by Gasteiger charge is 2.16. The highest BCUT2D eigenvalue weighted by Crippen LogP contribution is 2.26. The van der Waals surface area contributed by atoms with Gasteiger partial charge in [0.2, 0.25) is 0 Å². The first-order chi connectivity index (χ1) is 11.5. The maximum atomic E-state index is 11.8. The molecule has 0 heterocycles. The summed E-state index contributed by atoms with van der Waals surface area (Å²) in [5.74, 6) is -0.582. The maximum Gasteiger partial charge on any atom is 0.311 e. The first kappa shape index (κ1) is 17.1. The molecule has 2 rings (SSSR count). The molecule has 0 spiro atoms. The Kier molecular flexibility index (Phi) is 5.58. The summed E-state index contributed by atoms with van der Waals surface area (Å²) in [6.07, 6.45) is -0.115. The number of rotatable bonds is 6. The zero-order chi connectivity index (χ0) is 17.5. The van der Waals surface area contributed by atoms with E-state index in [-0.39, 0.29) is 11.4 Å². The summed E-state index contributed by atoms with van der Waals surface area (Å²) in [6.45, 7) is 0. The average molecular weight is 329 g/mol. The van der Waals surface area contributed by atoms with Crippen LogP contribution in [0.3, 0.4) is 0 Å². The van der Waals surface area contributed by atoms with Crippen molar-refractivity contribution < 1.29 is 19.6 Å². The molecular weight excluding hydrogens is 314 g/mol. The molecule has 0 fully saturated rings. The van der Waals surface area contributed by atoms with Crippen LogP contribution in [0.5, 0.6) is 5.75 Å². The van der Waals surface area contributed by atoms with E-state index in [0.717, 1.165) is 0 Å². The Bertz CT molecular complexity index is 762. The third-order valence-electron chi connectivity index (χ3n) is 3.15. The fourth-order valence-corrected chi connectivity index (χ4v) is 1.95. The van der Waals surface area contributed by atoms with E-state index in [1.807, 2.05) is 0 Å². The van der Waals surface area contributed by atoms with Gasteiger partial charge in [-0.15, -0.1) is 0 Å². The van der Waals surface area contributed by atoms with Gasteiger partial charge in [-0.05, 0) is 17.7 Å². The second kappa shape index (κ2) is 7.84. The Hall–Kier alpha value is -3.26. The number of hydrogen-bond donors (Lipinski definition) is 2. The molecule has 124 valence electrons. The lowest BCUT2D eigenvalue weighted by atomic mass is 10.1. The zero-order valence-electron chi connectivity index (χ0n) is 12.7. The number of carbonyl (C=O) groups excluding carboxylic acids is 1. The van der Waals surface area contributed by atoms with Crippen molar-refractivity contribution in [3.05, 3.63) is 69.8 Å². The summed E-state index contributed by atoms with van der Waals surface area (Å²) in [4.78, 5) is 22.2. The van der Waals surface area contributed by atoms with Crippen molar-refractivity contribution in [3.63, 3.8) is 0 Å². The van der Waals surface area contributed by atoms with Crippen LogP contribution in [0.25, 0.3) is 0 Å². The van der Waals surface area contributed by atoms with Gasteiger partial charge in [0.15, 0.2) is 11.9 Å². The first-order valence-corrected chi connectivity index (χ1v) is 6.91. The van der Waals surface area contributed by atoms with Gasteiger partial charge in [-0.2, -0.15) is 5.10 Å². The third-order valence-corrected chi connectivity index (χ3v) is 3.15. The summed E-state index contributed by atoms with van der Waals surface area (Å²) in [7, 11) is 1.33. The summed E-state index contributed by atoms with van der Waals surface area (Å²) in [6, 6.07) is 12.6. The molecule has 2 aromatic rings. The molecule has 8 heteroatoms. The van der Waals surface area contributed by atoms with Gasteiger partial charge in [0.25, 0.3) is 5.91 Å². The fourth-order valence-electron chi connectivity index (χ4n) is 1.95. The van der Waals surface area contributed by atoms with Crippen LogP contribution in [0, 0.1) is 10.1 Å². The molecule has 0 aliphatic heterocycles. The number of nitro benzene ring substituents is 1. The second-order valence-electron chi connectivity index (χ2n) is 4.74. The van der Waals surface area contributed by atoms with E-state index >= 15 is 0 Å². The molecule has 2 N–H and O–H groups in total. The molecule has 0 aliphatic rings. The number of nitro groups is 1. The van der Waals surface area contributed by atoms with Crippen molar-refractivity contribution in [1.29, 1.82) is 0 Å². The van der Waals surface area contributed by atoms with Gasteiger partial charge in [-0.3, -0.25) is 14.9 Å². The monoisotopic (exact) mass is 329 g/mol. The molecule has 1 amide bonds. The van der Waals surface area contributed by atoms with Crippen molar-refractivity contribution in [2.45, 2.75) is 6.10 Å². The number of nitrogens with zero attached hydrogens (tertiary/aromatic N) is 2. The summed E-state index contributed by atoms with van der Waals surface area (Å²) >= 11 is 0. The van der Waals surface area contributed by atoms with Crippen LogP contribution in [0.1, 0.15) is 17.2 Å². The van der Waals surface area contributed by atoms with Crippen molar-refractivity contribution >= 4 is 17.8 Å². The maximum absolute atomic E-state index is 11.8. The molecule has 0 unspecified atom stereocenters. The molecular formula is C16H15N3O5. The Labute approximate surface area is 137 Å². The number of hydrogen-bond acceptors (Lipinski definition) is 6. The number of carbonyl (C=O) groups is 1. The van der Waals surface area contributed by atoms with Gasteiger partial charge in [0.05, 0.1) is 18.2 Å². The first-order valence-electron chi connectivity index (χ1n) is 6.91. The standard InChI is InChI=1S/C16H15N3O5/c1-24-14-8-7-11(9-13(14)19(22)23)10-17-18-16(21)15(20)12-5-3-2-4-6-12/h2-10,15,20H,1H3,(H,18,21)/b17-10-/t15-/m0/s1. The van der Waals surface area contributed by atoms with Crippen LogP contribution in [0.15, 0.2) is 53.6 Å². The number of methoxy groups -OCH3 is 1. The van der Waals surface area contributed by atoms with Gasteiger partial charge < -0.3 is 9.84 Å². The molecule has 0 aliphatic carbocycles. The Balaban J connectivity index is 2.05. The number of aliphatic hydroxyl groups excluding tert-OH is 1. The predicted molar refractivity (Wildman–Crippen MR) is 86.8 cm³/mol. The number of hydrazone groups is 1. The predicted octanol–water partition coefficient (Wildman–Crippen LogP) is 1.79. The van der Waals surface area contributed by atoms with Crippen LogP contribution in [-0.2, 0) is 4.79 Å². The van der Waals surface area contributed by atoms with Gasteiger partial charge in [0.1, 0.15) is 0 Å². The number of aliphatic hydroxyl groups is 1. The molecule has 8 nitrogen and oxygen atoms in total. The van der Waals surface area contributed by atoms with Gasteiger partial charge in [0, 0.05) is 11.6 Å². The van der Waals surface area contributed by atoms with Crippen LogP contribution in [0.4, 0.5) is 5.69 Å². The molecule has 0 aromatic heterocycles. The average Bonchev–Trinajstić information content (AvgIpc) is 2.61. The molecule has 2 aromatic carbocycles. The summed E-state index contributed by atoms with van der Waals surface area (Å²) in [5, 5.41) is 24.5. The Morgan fingerprint density at radius 2 is 2.04 bits per heavy atom. The van der Waals surface area contributed by atoms with Gasteiger partial charge >= 0.3 is 5.69 Å². The number of benzene rings is 2. The van der Waals surface area contributed by atoms with Crippen LogP contribution < -0.4 is 10.2 Å². The minimum absolute atomic E-state index is 0.126. The van der Waals surface area contributed by atoms with E-state index in [0.29, 0.717) is 11.1 Å². The lowest BCUT2D eigenvalue weighted by Gasteiger charge is -2.08. The number of amides is 1. The minimum atomic E-state index is -1.35. The van der Waals surface area contributed by atoms with Crippen molar-refractivity contribution in [2.75, 3.05) is 7.11 Å². The number of nitrogens with one attached hydrogen (secondary N) is 1. The van der Waals surface area contributed by atoms with E-state index in [1.54, 1.807) is 36.4 Å². The van der Waals surface area contributed by atoms with Crippen LogP contribution in [0.2, 0.25) is 0 Å². The summed E-state index contributed by atoms with van der Waals surface area (Å²) < 4.78 is 4.90. The fraction of sp³-hybridized carbons (Fsp3) is 0.125. The molecule has 0 radical (unpaired) electrons. The van der Waals surface area contributed by atoms with Gasteiger partial charge in [-0.25, -0.2) is 5.43 Å². The lowest BCUT2D eigenvalue weighted by molar-refractivity contribution is -0.385. The smallest absolute Gasteiger partial charge is 0.311 e. The van der Waals surface area contributed by atoms with Crippen molar-refractivity contribution in [2.24, 2.45) is 5.10 Å². The second-order valence-corrected chi connectivity index (χ2v) is 4.74. The van der Waals surface area contributed by atoms with Crippen molar-refractivity contribution in [1.82, 2.24) is 5.43 Å². The third kappa shape index (κ3) is 4.14. The zero-order valence-corrected chi connectivity index (χ0v) is 12.7. The molecule has 0 bridgehead atoms. The largest absolute Gasteiger partial charge is 0.490 e. The minimum Gasteiger partial charge on any atom is -0.490 e. The Morgan fingerprint density at radius 1 is 1.33 bits per heavy atom. The quantitative estimate of drug-likeness (QED) is 0.476. The highest BCUT2D eigenvalue weighted by atomic mass is 16.6.